The maximum atomic E-state index is 9.79. The highest BCUT2D eigenvalue weighted by Gasteiger charge is 2.22. The third-order valence-electron chi connectivity index (χ3n) is 15.1. The number of phenols is 1. The van der Waals surface area contributed by atoms with Gasteiger partial charge in [-0.2, -0.15) is 0 Å². The summed E-state index contributed by atoms with van der Waals surface area (Å²) in [6.07, 6.45) is 1.74. The van der Waals surface area contributed by atoms with Gasteiger partial charge in [-0.15, -0.1) is 0 Å². The average Bonchev–Trinajstić information content (AvgIpc) is 3.66. The molecule has 82 heavy (non-hydrogen) atoms. The van der Waals surface area contributed by atoms with Gasteiger partial charge in [0, 0.05) is 46.1 Å². The molecule has 0 aliphatic heterocycles. The second kappa shape index (κ2) is 24.2. The lowest BCUT2D eigenvalue weighted by atomic mass is 9.98. The van der Waals surface area contributed by atoms with Crippen LogP contribution in [-0.4, -0.2) is 33.0 Å². The number of aromatic hydroxyl groups is 1. The second-order valence-electron chi connectivity index (χ2n) is 20.1. The molecule has 0 spiro atoms. The van der Waals surface area contributed by atoms with E-state index in [1.54, 1.807) is 26.4 Å². The normalized spacial score (nSPS) is 11.0. The molecule has 14 rings (SSSR count). The van der Waals surface area contributed by atoms with Crippen LogP contribution in [0.1, 0.15) is 22.3 Å². The Hall–Kier alpha value is -10.6. The summed E-state index contributed by atoms with van der Waals surface area (Å²) >= 11 is 0. The zero-order valence-corrected chi connectivity index (χ0v) is 45.9. The first-order chi connectivity index (χ1) is 40.5. The molecule has 398 valence electrons. The van der Waals surface area contributed by atoms with Gasteiger partial charge in [0.15, 0.2) is 0 Å². The molecule has 1 N–H and O–H groups in total. The van der Waals surface area contributed by atoms with Crippen molar-refractivity contribution < 1.29 is 14.6 Å². The molecular formula is C76H61N3O3. The van der Waals surface area contributed by atoms with E-state index in [9.17, 15) is 5.11 Å². The van der Waals surface area contributed by atoms with E-state index in [1.165, 1.54) is 88.7 Å². The van der Waals surface area contributed by atoms with E-state index in [4.69, 9.17) is 9.47 Å². The van der Waals surface area contributed by atoms with Gasteiger partial charge in [0.1, 0.15) is 17.2 Å². The molecule has 0 aliphatic carbocycles. The van der Waals surface area contributed by atoms with Gasteiger partial charge in [-0.3, -0.25) is 0 Å². The number of hydrogen-bond acceptors (Lipinski definition) is 3. The molecule has 0 aliphatic rings. The predicted octanol–water partition coefficient (Wildman–Crippen LogP) is 18.8. The SMILES string of the molecule is COc1ccc(-n2c(-c3ccccc3)c(Cc3ccccc3)c3ccccc32)cc1.COc1ccc(-n2c(-c3ccccc3)cc3ccccc32)cc1.Oc1ccc(-n2c(-c3ccccc3)c(Cc3ccccc3)c3ccccc32)cc1. The number of methoxy groups -OCH3 is 2. The number of ether oxygens (including phenoxy) is 2. The van der Waals surface area contributed by atoms with Crippen molar-refractivity contribution in [1.82, 2.24) is 13.7 Å². The summed E-state index contributed by atoms with van der Waals surface area (Å²) in [4.78, 5) is 0. The fraction of sp³-hybridized carbons (Fsp3) is 0.0526. The molecule has 0 fully saturated rings. The van der Waals surface area contributed by atoms with E-state index in [2.05, 4.69) is 256 Å². The van der Waals surface area contributed by atoms with E-state index in [1.807, 2.05) is 48.5 Å². The van der Waals surface area contributed by atoms with Crippen LogP contribution in [0.3, 0.4) is 0 Å². The fourth-order valence-corrected chi connectivity index (χ4v) is 11.2. The van der Waals surface area contributed by atoms with Crippen molar-refractivity contribution in [3.05, 3.63) is 326 Å². The van der Waals surface area contributed by atoms with Crippen molar-refractivity contribution >= 4 is 32.7 Å². The lowest BCUT2D eigenvalue weighted by molar-refractivity contribution is 0.414. The zero-order valence-electron chi connectivity index (χ0n) is 45.9. The monoisotopic (exact) mass is 1060 g/mol. The first-order valence-electron chi connectivity index (χ1n) is 27.7. The molecule has 0 saturated carbocycles. The van der Waals surface area contributed by atoms with Crippen LogP contribution in [0.15, 0.2) is 303 Å². The number of rotatable bonds is 12. The molecule has 0 radical (unpaired) electrons. The molecule has 0 atom stereocenters. The largest absolute Gasteiger partial charge is 0.508 e. The van der Waals surface area contributed by atoms with Gasteiger partial charge in [-0.05, 0) is 136 Å². The fourth-order valence-electron chi connectivity index (χ4n) is 11.2. The summed E-state index contributed by atoms with van der Waals surface area (Å²) in [5, 5.41) is 13.6. The predicted molar refractivity (Wildman–Crippen MR) is 339 cm³/mol. The number of nitrogens with zero attached hydrogens (tertiary/aromatic N) is 3. The van der Waals surface area contributed by atoms with Crippen molar-refractivity contribution in [2.24, 2.45) is 0 Å². The van der Waals surface area contributed by atoms with Gasteiger partial charge in [0.25, 0.3) is 0 Å². The summed E-state index contributed by atoms with van der Waals surface area (Å²) in [5.74, 6) is 2.00. The maximum Gasteiger partial charge on any atom is 0.119 e. The molecule has 6 nitrogen and oxygen atoms in total. The highest BCUT2D eigenvalue weighted by molar-refractivity contribution is 5.96. The molecule has 14 aromatic rings. The second-order valence-corrected chi connectivity index (χ2v) is 20.1. The van der Waals surface area contributed by atoms with Crippen molar-refractivity contribution in [2.75, 3.05) is 14.2 Å². The van der Waals surface area contributed by atoms with Crippen LogP contribution < -0.4 is 9.47 Å². The highest BCUT2D eigenvalue weighted by Crippen LogP contribution is 2.40. The van der Waals surface area contributed by atoms with Crippen LogP contribution in [0.2, 0.25) is 0 Å². The van der Waals surface area contributed by atoms with Gasteiger partial charge >= 0.3 is 0 Å². The summed E-state index contributed by atoms with van der Waals surface area (Å²) in [6, 6.07) is 105. The quantitative estimate of drug-likeness (QED) is 0.133. The molecular weight excluding hydrogens is 1000 g/mol. The number of benzene rings is 11. The van der Waals surface area contributed by atoms with Crippen molar-refractivity contribution in [1.29, 1.82) is 0 Å². The molecule has 0 amide bonds. The summed E-state index contributed by atoms with van der Waals surface area (Å²) < 4.78 is 17.6. The Morgan fingerprint density at radius 2 is 0.659 bits per heavy atom. The minimum atomic E-state index is 0.274. The smallest absolute Gasteiger partial charge is 0.119 e. The van der Waals surface area contributed by atoms with Crippen LogP contribution in [0.25, 0.3) is 83.5 Å². The highest BCUT2D eigenvalue weighted by atomic mass is 16.5. The first kappa shape index (κ1) is 52.2. The average molecular weight is 1060 g/mol. The number of fused-ring (bicyclic) bond motifs is 3. The van der Waals surface area contributed by atoms with Gasteiger partial charge in [0.2, 0.25) is 0 Å². The van der Waals surface area contributed by atoms with E-state index in [0.29, 0.717) is 0 Å². The standard InChI is InChI=1S/C28H23NO.C27H21NO.C21H17NO/c1-30-24-18-16-23(17-19-24)29-27-15-9-8-14-25(27)26(20-21-10-4-2-5-11-21)28(29)22-12-6-3-7-13-22;29-23-17-15-22(16-18-23)28-26-14-8-7-13-24(26)25(19-20-9-3-1-4-10-20)27(28)21-11-5-2-6-12-21;1-23-19-13-11-18(12-14-19)22-20-10-6-5-9-17(20)15-21(22)16-7-3-2-4-8-16/h2-19H,20H2,1H3;1-18,29H,19H2;2-15H,1H3. The summed E-state index contributed by atoms with van der Waals surface area (Å²) in [6.45, 7) is 0. The Labute approximate surface area is 479 Å². The van der Waals surface area contributed by atoms with E-state index >= 15 is 0 Å². The van der Waals surface area contributed by atoms with Crippen LogP contribution in [-0.2, 0) is 12.8 Å². The Morgan fingerprint density at radius 3 is 1.09 bits per heavy atom. The van der Waals surface area contributed by atoms with Gasteiger partial charge in [0.05, 0.1) is 47.9 Å². The lowest BCUT2D eigenvalue weighted by Gasteiger charge is -2.14. The number of hydrogen-bond donors (Lipinski definition) is 1. The van der Waals surface area contributed by atoms with Gasteiger partial charge in [-0.25, -0.2) is 0 Å². The Morgan fingerprint density at radius 1 is 0.317 bits per heavy atom. The zero-order chi connectivity index (χ0) is 55.6. The number of phenolic OH excluding ortho intramolecular Hbond substituents is 1. The third kappa shape index (κ3) is 10.9. The van der Waals surface area contributed by atoms with E-state index in [-0.39, 0.29) is 5.75 Å². The molecule has 3 heterocycles. The minimum Gasteiger partial charge on any atom is -0.508 e. The van der Waals surface area contributed by atoms with Crippen molar-refractivity contribution in [2.45, 2.75) is 12.8 Å². The van der Waals surface area contributed by atoms with Crippen molar-refractivity contribution in [3.63, 3.8) is 0 Å². The Bertz CT molecular complexity index is 4360. The van der Waals surface area contributed by atoms with Gasteiger partial charge in [-0.1, -0.05) is 206 Å². The first-order valence-corrected chi connectivity index (χ1v) is 27.7. The maximum absolute atomic E-state index is 9.79. The Kier molecular flexibility index (Phi) is 15.4. The Balaban J connectivity index is 0.000000123. The topological polar surface area (TPSA) is 53.5 Å². The van der Waals surface area contributed by atoms with Crippen LogP contribution in [0, 0.1) is 0 Å². The van der Waals surface area contributed by atoms with Crippen molar-refractivity contribution in [3.8, 4) is 68.1 Å². The minimum absolute atomic E-state index is 0.274. The molecule has 0 unspecified atom stereocenters. The molecule has 0 saturated heterocycles. The lowest BCUT2D eigenvalue weighted by Crippen LogP contribution is -1.99. The molecule has 0 bridgehead atoms. The van der Waals surface area contributed by atoms with E-state index in [0.717, 1.165) is 41.4 Å². The summed E-state index contributed by atoms with van der Waals surface area (Å²) in [5.41, 5.74) is 19.4. The molecule has 3 aromatic heterocycles. The van der Waals surface area contributed by atoms with Crippen LogP contribution >= 0.6 is 0 Å². The molecule has 11 aromatic carbocycles. The van der Waals surface area contributed by atoms with Crippen LogP contribution in [0.5, 0.6) is 17.2 Å². The number of para-hydroxylation sites is 3. The number of aromatic nitrogens is 3. The van der Waals surface area contributed by atoms with Gasteiger partial charge < -0.3 is 28.3 Å². The molecule has 6 heteroatoms. The van der Waals surface area contributed by atoms with Crippen LogP contribution in [0.4, 0.5) is 0 Å². The van der Waals surface area contributed by atoms with E-state index < -0.39 is 0 Å². The summed E-state index contributed by atoms with van der Waals surface area (Å²) in [7, 11) is 3.39. The third-order valence-corrected chi connectivity index (χ3v) is 15.1.